The molecule has 1 N–H and O–H groups in total. The summed E-state index contributed by atoms with van der Waals surface area (Å²) in [6.07, 6.45) is 1.89. The molecule has 3 aromatic rings. The lowest BCUT2D eigenvalue weighted by molar-refractivity contribution is 0.444. The molecule has 0 aromatic heterocycles. The third-order valence-electron chi connectivity index (χ3n) is 4.13. The number of halogens is 1. The molecule has 0 amide bonds. The van der Waals surface area contributed by atoms with Crippen molar-refractivity contribution in [1.29, 1.82) is 0 Å². The summed E-state index contributed by atoms with van der Waals surface area (Å²) in [5.41, 5.74) is 1.94. The normalized spacial score (nSPS) is 13.0. The highest BCUT2D eigenvalue weighted by atomic mass is 79.9. The van der Waals surface area contributed by atoms with Crippen molar-refractivity contribution in [3.63, 3.8) is 0 Å². The maximum Gasteiger partial charge on any atom is 0.121 e. The molecular weight excluding hydrogens is 362 g/mol. The molecule has 0 heterocycles. The molecule has 1 unspecified atom stereocenters. The summed E-state index contributed by atoms with van der Waals surface area (Å²) in [4.78, 5) is 4.80. The van der Waals surface area contributed by atoms with Gasteiger partial charge in [0.15, 0.2) is 0 Å². The molecule has 0 saturated carbocycles. The third-order valence-corrected chi connectivity index (χ3v) is 4.66. The second kappa shape index (κ2) is 7.18. The van der Waals surface area contributed by atoms with Crippen molar-refractivity contribution in [2.24, 2.45) is 10.9 Å². The zero-order valence-corrected chi connectivity index (χ0v) is 15.4. The van der Waals surface area contributed by atoms with E-state index in [1.54, 1.807) is 6.07 Å². The van der Waals surface area contributed by atoms with Crippen molar-refractivity contribution in [2.45, 2.75) is 19.9 Å². The van der Waals surface area contributed by atoms with E-state index in [9.17, 15) is 5.11 Å². The fraction of sp³-hybridized carbons (Fsp3) is 0.190. The van der Waals surface area contributed by atoms with E-state index in [1.165, 1.54) is 0 Å². The number of benzene rings is 3. The lowest BCUT2D eigenvalue weighted by Crippen LogP contribution is -2.06. The number of phenolic OH excluding ortho intramolecular Hbond substituents is 1. The molecule has 24 heavy (non-hydrogen) atoms. The topological polar surface area (TPSA) is 32.6 Å². The van der Waals surface area contributed by atoms with Gasteiger partial charge in [0.1, 0.15) is 5.75 Å². The molecule has 0 bridgehead atoms. The fourth-order valence-electron chi connectivity index (χ4n) is 2.89. The van der Waals surface area contributed by atoms with Crippen molar-refractivity contribution in [3.8, 4) is 5.75 Å². The maximum absolute atomic E-state index is 10.5. The Kier molecular flexibility index (Phi) is 5.00. The van der Waals surface area contributed by atoms with Gasteiger partial charge in [-0.3, -0.25) is 4.99 Å². The molecule has 0 aliphatic carbocycles. The minimum absolute atomic E-state index is 0.0975. The number of aliphatic imine (C=N–C) groups is 1. The number of rotatable bonds is 4. The summed E-state index contributed by atoms with van der Waals surface area (Å²) >= 11 is 3.44. The highest BCUT2D eigenvalue weighted by molar-refractivity contribution is 9.10. The molecule has 3 aromatic carbocycles. The standard InChI is InChI=1S/C21H20BrNO/c1-14(2)21(23-13-15-7-10-17(22)11-8-15)20-18-6-4-3-5-16(18)9-12-19(20)24/h3-14,21,24H,1-2H3. The van der Waals surface area contributed by atoms with Gasteiger partial charge in [0.05, 0.1) is 6.04 Å². The van der Waals surface area contributed by atoms with Gasteiger partial charge in [-0.05, 0) is 40.5 Å². The number of phenols is 1. The van der Waals surface area contributed by atoms with Crippen molar-refractivity contribution in [2.75, 3.05) is 0 Å². The Labute approximate surface area is 151 Å². The van der Waals surface area contributed by atoms with Crippen LogP contribution in [0.25, 0.3) is 10.8 Å². The molecule has 2 nitrogen and oxygen atoms in total. The highest BCUT2D eigenvalue weighted by Crippen LogP contribution is 2.38. The zero-order valence-electron chi connectivity index (χ0n) is 13.8. The van der Waals surface area contributed by atoms with Crippen LogP contribution in [-0.4, -0.2) is 11.3 Å². The van der Waals surface area contributed by atoms with Gasteiger partial charge in [0.25, 0.3) is 0 Å². The van der Waals surface area contributed by atoms with E-state index in [0.717, 1.165) is 26.4 Å². The van der Waals surface area contributed by atoms with Crippen LogP contribution in [0.3, 0.4) is 0 Å². The van der Waals surface area contributed by atoms with Crippen LogP contribution in [-0.2, 0) is 0 Å². The fourth-order valence-corrected chi connectivity index (χ4v) is 3.15. The Bertz CT molecular complexity index is 869. The van der Waals surface area contributed by atoms with Crippen molar-refractivity contribution in [1.82, 2.24) is 0 Å². The predicted molar refractivity (Wildman–Crippen MR) is 105 cm³/mol. The minimum atomic E-state index is -0.0975. The van der Waals surface area contributed by atoms with Crippen molar-refractivity contribution >= 4 is 32.9 Å². The monoisotopic (exact) mass is 381 g/mol. The van der Waals surface area contributed by atoms with Crippen LogP contribution < -0.4 is 0 Å². The first-order chi connectivity index (χ1) is 11.6. The molecule has 1 atom stereocenters. The van der Waals surface area contributed by atoms with E-state index < -0.39 is 0 Å². The summed E-state index contributed by atoms with van der Waals surface area (Å²) in [5.74, 6) is 0.578. The molecule has 0 saturated heterocycles. The van der Waals surface area contributed by atoms with E-state index in [2.05, 4.69) is 41.9 Å². The van der Waals surface area contributed by atoms with Crippen LogP contribution in [0.4, 0.5) is 0 Å². The van der Waals surface area contributed by atoms with E-state index in [4.69, 9.17) is 4.99 Å². The van der Waals surface area contributed by atoms with Crippen LogP contribution in [0.15, 0.2) is 70.1 Å². The molecule has 0 spiro atoms. The largest absolute Gasteiger partial charge is 0.508 e. The zero-order chi connectivity index (χ0) is 17.1. The lowest BCUT2D eigenvalue weighted by atomic mass is 9.91. The van der Waals surface area contributed by atoms with Crippen LogP contribution in [0.1, 0.15) is 31.0 Å². The van der Waals surface area contributed by atoms with E-state index in [-0.39, 0.29) is 12.0 Å². The van der Waals surface area contributed by atoms with Crippen LogP contribution >= 0.6 is 15.9 Å². The van der Waals surface area contributed by atoms with Gasteiger partial charge in [0.2, 0.25) is 0 Å². The first-order valence-corrected chi connectivity index (χ1v) is 8.85. The molecule has 122 valence electrons. The van der Waals surface area contributed by atoms with Crippen LogP contribution in [0.5, 0.6) is 5.75 Å². The molecule has 3 heteroatoms. The summed E-state index contributed by atoms with van der Waals surface area (Å²) in [5, 5.41) is 12.7. The maximum atomic E-state index is 10.5. The summed E-state index contributed by atoms with van der Waals surface area (Å²) in [6.45, 7) is 4.26. The summed E-state index contributed by atoms with van der Waals surface area (Å²) in [6, 6.07) is 19.8. The molecule has 0 radical (unpaired) electrons. The van der Waals surface area contributed by atoms with Gasteiger partial charge in [0, 0.05) is 16.3 Å². The second-order valence-electron chi connectivity index (χ2n) is 6.24. The predicted octanol–water partition coefficient (Wildman–Crippen LogP) is 6.12. The van der Waals surface area contributed by atoms with Crippen molar-refractivity contribution in [3.05, 3.63) is 76.3 Å². The number of hydrogen-bond acceptors (Lipinski definition) is 2. The Morgan fingerprint density at radius 2 is 1.67 bits per heavy atom. The summed E-state index contributed by atoms with van der Waals surface area (Å²) in [7, 11) is 0. The first kappa shape index (κ1) is 16.7. The number of aromatic hydroxyl groups is 1. The van der Waals surface area contributed by atoms with Gasteiger partial charge >= 0.3 is 0 Å². The van der Waals surface area contributed by atoms with E-state index in [1.807, 2.05) is 48.7 Å². The van der Waals surface area contributed by atoms with Crippen molar-refractivity contribution < 1.29 is 5.11 Å². The van der Waals surface area contributed by atoms with Gasteiger partial charge in [-0.25, -0.2) is 0 Å². The Morgan fingerprint density at radius 3 is 2.38 bits per heavy atom. The molecule has 0 fully saturated rings. The second-order valence-corrected chi connectivity index (χ2v) is 7.15. The Hall–Kier alpha value is -2.13. The average Bonchev–Trinajstić information content (AvgIpc) is 2.58. The van der Waals surface area contributed by atoms with Gasteiger partial charge in [-0.15, -0.1) is 0 Å². The SMILES string of the molecule is CC(C)C(N=Cc1ccc(Br)cc1)c1c(O)ccc2ccccc12. The number of hydrogen-bond donors (Lipinski definition) is 1. The Balaban J connectivity index is 2.06. The lowest BCUT2D eigenvalue weighted by Gasteiger charge is -2.20. The Morgan fingerprint density at radius 1 is 0.958 bits per heavy atom. The molecule has 0 aliphatic rings. The first-order valence-electron chi connectivity index (χ1n) is 8.05. The van der Waals surface area contributed by atoms with Crippen LogP contribution in [0, 0.1) is 5.92 Å². The number of fused-ring (bicyclic) bond motifs is 1. The van der Waals surface area contributed by atoms with Gasteiger partial charge < -0.3 is 5.11 Å². The minimum Gasteiger partial charge on any atom is -0.508 e. The molecule has 0 aliphatic heterocycles. The quantitative estimate of drug-likeness (QED) is 0.542. The smallest absolute Gasteiger partial charge is 0.121 e. The third kappa shape index (κ3) is 3.51. The summed E-state index contributed by atoms with van der Waals surface area (Å²) < 4.78 is 1.05. The van der Waals surface area contributed by atoms with E-state index >= 15 is 0 Å². The van der Waals surface area contributed by atoms with Crippen LogP contribution in [0.2, 0.25) is 0 Å². The average molecular weight is 382 g/mol. The molecule has 3 rings (SSSR count). The number of nitrogens with zero attached hydrogens (tertiary/aromatic N) is 1. The van der Waals surface area contributed by atoms with Gasteiger partial charge in [-0.2, -0.15) is 0 Å². The van der Waals surface area contributed by atoms with Gasteiger partial charge in [-0.1, -0.05) is 72.2 Å². The van der Waals surface area contributed by atoms with E-state index in [0.29, 0.717) is 5.75 Å². The molecular formula is C21H20BrNO. The highest BCUT2D eigenvalue weighted by Gasteiger charge is 2.20.